The molecule has 1 radical (unpaired) electrons. The molecule has 3 heteroatoms. The molecule has 0 unspecified atom stereocenters. The number of benzene rings is 1. The molecule has 0 aromatic heterocycles. The smallest absolute Gasteiger partial charge is 0.159 e. The monoisotopic (exact) mass is 169 g/mol. The van der Waals surface area contributed by atoms with Gasteiger partial charge in [-0.2, -0.15) is 0 Å². The number of ether oxygens (including phenoxy) is 1. The molecule has 0 amide bonds. The molecule has 0 spiro atoms. The van der Waals surface area contributed by atoms with E-state index in [0.29, 0.717) is 18.8 Å². The Labute approximate surface area is 69.0 Å². The average Bonchev–Trinajstić information content (AvgIpc) is 2.07. The third-order valence-electron chi connectivity index (χ3n) is 1.86. The van der Waals surface area contributed by atoms with Crippen LogP contribution in [0.25, 0.3) is 0 Å². The van der Waals surface area contributed by atoms with Crippen molar-refractivity contribution < 1.29 is 13.5 Å². The summed E-state index contributed by atoms with van der Waals surface area (Å²) in [5.41, 5.74) is 1.44. The highest BCUT2D eigenvalue weighted by molar-refractivity contribution is 5.35. The Bertz CT molecular complexity index is 279. The molecule has 0 fully saturated rings. The Morgan fingerprint density at radius 3 is 2.75 bits per heavy atom. The van der Waals surface area contributed by atoms with Gasteiger partial charge in [0.2, 0.25) is 0 Å². The fraction of sp³-hybridized carbons (Fsp3) is 0.222. The second kappa shape index (κ2) is 2.83. The van der Waals surface area contributed by atoms with Crippen LogP contribution in [-0.2, 0) is 11.3 Å². The van der Waals surface area contributed by atoms with Gasteiger partial charge in [0.15, 0.2) is 11.6 Å². The van der Waals surface area contributed by atoms with Gasteiger partial charge in [-0.05, 0) is 23.3 Å². The predicted molar refractivity (Wildman–Crippen MR) is 39.4 cm³/mol. The molecule has 0 bridgehead atoms. The fourth-order valence-corrected chi connectivity index (χ4v) is 1.24. The van der Waals surface area contributed by atoms with Crippen LogP contribution in [0.1, 0.15) is 11.1 Å². The van der Waals surface area contributed by atoms with Crippen molar-refractivity contribution in [3.8, 4) is 0 Å². The predicted octanol–water partition coefficient (Wildman–Crippen LogP) is 2.05. The molecule has 12 heavy (non-hydrogen) atoms. The third-order valence-corrected chi connectivity index (χ3v) is 1.86. The van der Waals surface area contributed by atoms with Crippen LogP contribution in [0, 0.1) is 18.1 Å². The zero-order valence-electron chi connectivity index (χ0n) is 6.31. The highest BCUT2D eigenvalue weighted by atomic mass is 19.2. The Morgan fingerprint density at radius 2 is 1.92 bits per heavy atom. The molecular formula is C9H7F2O. The van der Waals surface area contributed by atoms with E-state index in [1.54, 1.807) is 6.42 Å². The van der Waals surface area contributed by atoms with Gasteiger partial charge in [0.1, 0.15) is 0 Å². The van der Waals surface area contributed by atoms with Gasteiger partial charge in [0, 0.05) is 6.42 Å². The number of hydrogen-bond acceptors (Lipinski definition) is 1. The SMILES string of the molecule is Fc1cc2c(cc1F)COC[CH]2. The van der Waals surface area contributed by atoms with Crippen LogP contribution in [0.3, 0.4) is 0 Å². The van der Waals surface area contributed by atoms with E-state index in [-0.39, 0.29) is 0 Å². The lowest BCUT2D eigenvalue weighted by Gasteiger charge is -2.15. The summed E-state index contributed by atoms with van der Waals surface area (Å²) in [5.74, 6) is -1.61. The topological polar surface area (TPSA) is 9.23 Å². The summed E-state index contributed by atoms with van der Waals surface area (Å²) in [7, 11) is 0. The Kier molecular flexibility index (Phi) is 1.81. The molecule has 0 saturated heterocycles. The summed E-state index contributed by atoms with van der Waals surface area (Å²) in [6.07, 6.45) is 1.74. The molecule has 0 atom stereocenters. The van der Waals surface area contributed by atoms with Gasteiger partial charge < -0.3 is 4.74 Å². The van der Waals surface area contributed by atoms with E-state index in [0.717, 1.165) is 5.56 Å². The molecule has 1 aromatic rings. The third kappa shape index (κ3) is 1.20. The molecule has 1 aliphatic rings. The summed E-state index contributed by atoms with van der Waals surface area (Å²) in [5, 5.41) is 0. The minimum Gasteiger partial charge on any atom is -0.376 e. The molecule has 0 N–H and O–H groups in total. The van der Waals surface area contributed by atoms with E-state index in [1.165, 1.54) is 12.1 Å². The molecule has 63 valence electrons. The highest BCUT2D eigenvalue weighted by Crippen LogP contribution is 2.20. The van der Waals surface area contributed by atoms with Crippen LogP contribution in [-0.4, -0.2) is 6.61 Å². The van der Waals surface area contributed by atoms with Crippen LogP contribution in [0.2, 0.25) is 0 Å². The van der Waals surface area contributed by atoms with Crippen molar-refractivity contribution in [3.63, 3.8) is 0 Å². The minimum atomic E-state index is -0.812. The normalized spacial score (nSPS) is 15.8. The van der Waals surface area contributed by atoms with Crippen LogP contribution in [0.5, 0.6) is 0 Å². The maximum Gasteiger partial charge on any atom is 0.159 e. The van der Waals surface area contributed by atoms with Crippen molar-refractivity contribution in [1.29, 1.82) is 0 Å². The maximum atomic E-state index is 12.7. The van der Waals surface area contributed by atoms with Gasteiger partial charge >= 0.3 is 0 Å². The van der Waals surface area contributed by atoms with E-state index >= 15 is 0 Å². The number of rotatable bonds is 0. The Morgan fingerprint density at radius 1 is 1.17 bits per heavy atom. The largest absolute Gasteiger partial charge is 0.376 e. The first-order chi connectivity index (χ1) is 5.77. The fourth-order valence-electron chi connectivity index (χ4n) is 1.24. The Hall–Kier alpha value is -0.960. The van der Waals surface area contributed by atoms with Gasteiger partial charge in [-0.15, -0.1) is 0 Å². The first kappa shape index (κ1) is 7.68. The van der Waals surface area contributed by atoms with Crippen molar-refractivity contribution in [2.75, 3.05) is 6.61 Å². The molecule has 0 aliphatic carbocycles. The summed E-state index contributed by atoms with van der Waals surface area (Å²) in [4.78, 5) is 0. The Balaban J connectivity index is 2.49. The van der Waals surface area contributed by atoms with Crippen molar-refractivity contribution >= 4 is 0 Å². The van der Waals surface area contributed by atoms with Crippen molar-refractivity contribution in [2.24, 2.45) is 0 Å². The van der Waals surface area contributed by atoms with Gasteiger partial charge in [0.05, 0.1) is 13.2 Å². The molecule has 1 aromatic carbocycles. The summed E-state index contributed by atoms with van der Waals surface area (Å²) in [6, 6.07) is 2.38. The summed E-state index contributed by atoms with van der Waals surface area (Å²) >= 11 is 0. The number of fused-ring (bicyclic) bond motifs is 1. The van der Waals surface area contributed by atoms with Gasteiger partial charge in [-0.3, -0.25) is 0 Å². The van der Waals surface area contributed by atoms with Crippen molar-refractivity contribution in [1.82, 2.24) is 0 Å². The number of halogens is 2. The van der Waals surface area contributed by atoms with E-state index in [9.17, 15) is 8.78 Å². The lowest BCUT2D eigenvalue weighted by Crippen LogP contribution is -2.09. The molecule has 1 nitrogen and oxygen atoms in total. The highest BCUT2D eigenvalue weighted by Gasteiger charge is 2.13. The second-order valence-corrected chi connectivity index (χ2v) is 2.68. The van der Waals surface area contributed by atoms with Crippen LogP contribution in [0.4, 0.5) is 8.78 Å². The molecule has 2 rings (SSSR count). The van der Waals surface area contributed by atoms with Crippen molar-refractivity contribution in [3.05, 3.63) is 41.3 Å². The van der Waals surface area contributed by atoms with E-state index in [1.807, 2.05) is 0 Å². The zero-order valence-corrected chi connectivity index (χ0v) is 6.31. The van der Waals surface area contributed by atoms with E-state index in [2.05, 4.69) is 0 Å². The van der Waals surface area contributed by atoms with E-state index < -0.39 is 11.6 Å². The standard InChI is InChI=1S/C9H7F2O/c10-8-3-6-1-2-12-5-7(6)4-9(8)11/h1,3-4H,2,5H2. The zero-order chi connectivity index (χ0) is 8.55. The maximum absolute atomic E-state index is 12.7. The molecule has 1 aliphatic heterocycles. The second-order valence-electron chi connectivity index (χ2n) is 2.68. The molecule has 1 heterocycles. The van der Waals surface area contributed by atoms with E-state index in [4.69, 9.17) is 4.74 Å². The number of hydrogen-bond donors (Lipinski definition) is 0. The van der Waals surface area contributed by atoms with Gasteiger partial charge in [-0.25, -0.2) is 8.78 Å². The van der Waals surface area contributed by atoms with Crippen LogP contribution in [0.15, 0.2) is 12.1 Å². The molecule has 0 saturated carbocycles. The summed E-state index contributed by atoms with van der Waals surface area (Å²) in [6.45, 7) is 0.834. The van der Waals surface area contributed by atoms with Crippen molar-refractivity contribution in [2.45, 2.75) is 6.61 Å². The first-order valence-corrected chi connectivity index (χ1v) is 3.66. The lowest BCUT2D eigenvalue weighted by molar-refractivity contribution is 0.132. The molecular weight excluding hydrogens is 162 g/mol. The van der Waals surface area contributed by atoms with Gasteiger partial charge in [-0.1, -0.05) is 0 Å². The first-order valence-electron chi connectivity index (χ1n) is 3.66. The lowest BCUT2D eigenvalue weighted by atomic mass is 10.0. The van der Waals surface area contributed by atoms with Gasteiger partial charge in [0.25, 0.3) is 0 Å². The average molecular weight is 169 g/mol. The quantitative estimate of drug-likeness (QED) is 0.577. The minimum absolute atomic E-state index is 0.364. The van der Waals surface area contributed by atoms with Crippen LogP contribution >= 0.6 is 0 Å². The van der Waals surface area contributed by atoms with Crippen LogP contribution < -0.4 is 0 Å². The summed E-state index contributed by atoms with van der Waals surface area (Å²) < 4.78 is 30.4.